The molecule has 8 N–H and O–H groups in total. The van der Waals surface area contributed by atoms with E-state index in [0.29, 0.717) is 38.0 Å². The fourth-order valence-corrected chi connectivity index (χ4v) is 6.61. The van der Waals surface area contributed by atoms with Crippen LogP contribution in [0.2, 0.25) is 0 Å². The predicted molar refractivity (Wildman–Crippen MR) is 122 cm³/mol. The summed E-state index contributed by atoms with van der Waals surface area (Å²) in [5, 5.41) is 38.1. The lowest BCUT2D eigenvalue weighted by atomic mass is 9.90. The van der Waals surface area contributed by atoms with Crippen molar-refractivity contribution in [3.63, 3.8) is 0 Å². The van der Waals surface area contributed by atoms with Gasteiger partial charge >= 0.3 is 0 Å². The maximum Gasteiger partial charge on any atom is 0.242 e. The van der Waals surface area contributed by atoms with Crippen LogP contribution in [0.3, 0.4) is 0 Å². The van der Waals surface area contributed by atoms with Crippen molar-refractivity contribution < 1.29 is 27.0 Å². The molecule has 0 bridgehead atoms. The van der Waals surface area contributed by atoms with Crippen LogP contribution in [-0.4, -0.2) is 86.1 Å². The van der Waals surface area contributed by atoms with Crippen LogP contribution in [0.1, 0.15) is 26.2 Å². The Hall–Kier alpha value is -2.21. The summed E-state index contributed by atoms with van der Waals surface area (Å²) >= 11 is 0. The summed E-state index contributed by atoms with van der Waals surface area (Å²) in [6.45, 7) is 2.18. The molecule has 0 saturated carbocycles. The van der Waals surface area contributed by atoms with E-state index in [0.717, 1.165) is 6.07 Å². The molecule has 34 heavy (non-hydrogen) atoms. The number of primary sulfonamides is 1. The van der Waals surface area contributed by atoms with Gasteiger partial charge in [0, 0.05) is 31.4 Å². The number of hydrogen-bond acceptors (Lipinski definition) is 11. The number of benzene rings is 1. The average Bonchev–Trinajstić information content (AvgIpc) is 3.35. The number of piperidine rings is 1. The smallest absolute Gasteiger partial charge is 0.242 e. The Morgan fingerprint density at radius 1 is 1.26 bits per heavy atom. The Labute approximate surface area is 197 Å². The van der Waals surface area contributed by atoms with Gasteiger partial charge in [0.25, 0.3) is 0 Å². The number of aromatic amines is 1. The van der Waals surface area contributed by atoms with Gasteiger partial charge in [-0.1, -0.05) is 6.92 Å². The average molecular weight is 519 g/mol. The molecule has 0 spiro atoms. The molecular weight excluding hydrogens is 488 g/mol. The number of hydrogen-bond donors (Lipinski definition) is 6. The van der Waals surface area contributed by atoms with Crippen molar-refractivity contribution >= 4 is 25.7 Å². The van der Waals surface area contributed by atoms with Gasteiger partial charge in [0.1, 0.15) is 9.79 Å². The first-order valence-corrected chi connectivity index (χ1v) is 13.7. The van der Waals surface area contributed by atoms with Gasteiger partial charge < -0.3 is 20.8 Å². The largest absolute Gasteiger partial charge is 0.395 e. The third kappa shape index (κ3) is 5.70. The Kier molecular flexibility index (Phi) is 8.22. The van der Waals surface area contributed by atoms with Crippen molar-refractivity contribution in [1.29, 1.82) is 0 Å². The molecule has 0 radical (unpaired) electrons. The molecule has 14 nitrogen and oxygen atoms in total. The van der Waals surface area contributed by atoms with Crippen molar-refractivity contribution in [2.45, 2.75) is 48.1 Å². The SMILES string of the molecule is CC[C@@H](O)CNS(=O)(=O)c1ccc(N2CCC([C@@H](N)CO)CC2)c(-c2nn[nH]n2)c1S(N)(=O)=O. The maximum atomic E-state index is 13.0. The van der Waals surface area contributed by atoms with Gasteiger partial charge in [-0.05, 0) is 42.5 Å². The Morgan fingerprint density at radius 2 is 1.94 bits per heavy atom. The summed E-state index contributed by atoms with van der Waals surface area (Å²) in [5.41, 5.74) is 6.23. The van der Waals surface area contributed by atoms with Crippen molar-refractivity contribution in [1.82, 2.24) is 25.3 Å². The minimum Gasteiger partial charge on any atom is -0.395 e. The molecule has 1 aromatic carbocycles. The Balaban J connectivity index is 2.13. The van der Waals surface area contributed by atoms with Crippen molar-refractivity contribution in [2.75, 3.05) is 31.1 Å². The molecule has 190 valence electrons. The van der Waals surface area contributed by atoms with Gasteiger partial charge in [-0.25, -0.2) is 26.7 Å². The van der Waals surface area contributed by atoms with Gasteiger partial charge in [-0.2, -0.15) is 5.21 Å². The number of rotatable bonds is 10. The Morgan fingerprint density at radius 3 is 2.47 bits per heavy atom. The van der Waals surface area contributed by atoms with E-state index in [-0.39, 0.29) is 36.5 Å². The number of nitrogens with one attached hydrogen (secondary N) is 2. The lowest BCUT2D eigenvalue weighted by Crippen LogP contribution is -2.43. The van der Waals surface area contributed by atoms with Crippen LogP contribution in [-0.2, 0) is 20.0 Å². The zero-order valence-electron chi connectivity index (χ0n) is 18.6. The molecular formula is C18H30N8O6S2. The topological polar surface area (TPSA) is 231 Å². The van der Waals surface area contributed by atoms with E-state index in [4.69, 9.17) is 10.9 Å². The normalized spacial score (nSPS) is 17.6. The molecule has 16 heteroatoms. The van der Waals surface area contributed by atoms with E-state index in [1.165, 1.54) is 6.07 Å². The lowest BCUT2D eigenvalue weighted by molar-refractivity contribution is 0.174. The van der Waals surface area contributed by atoms with Gasteiger partial charge in [0.2, 0.25) is 25.9 Å². The third-order valence-electron chi connectivity index (χ3n) is 5.92. The van der Waals surface area contributed by atoms with Crippen LogP contribution in [0.15, 0.2) is 21.9 Å². The van der Waals surface area contributed by atoms with Crippen molar-refractivity contribution in [3.05, 3.63) is 12.1 Å². The third-order valence-corrected chi connectivity index (χ3v) is 8.51. The molecule has 1 saturated heterocycles. The molecule has 2 aromatic rings. The number of aliphatic hydroxyl groups excluding tert-OH is 2. The van der Waals surface area contributed by atoms with E-state index >= 15 is 0 Å². The van der Waals surface area contributed by atoms with Gasteiger partial charge in [-0.3, -0.25) is 0 Å². The van der Waals surface area contributed by atoms with Crippen LogP contribution >= 0.6 is 0 Å². The first-order chi connectivity index (χ1) is 16.0. The first kappa shape index (κ1) is 26.4. The van der Waals surface area contributed by atoms with Crippen molar-refractivity contribution in [2.24, 2.45) is 16.8 Å². The highest BCUT2D eigenvalue weighted by molar-refractivity contribution is 7.92. The van der Waals surface area contributed by atoms with Crippen LogP contribution in [0.4, 0.5) is 5.69 Å². The predicted octanol–water partition coefficient (Wildman–Crippen LogP) is -1.90. The number of H-pyrrole nitrogens is 1. The van der Waals surface area contributed by atoms with Gasteiger partial charge in [-0.15, -0.1) is 10.2 Å². The highest BCUT2D eigenvalue weighted by atomic mass is 32.2. The standard InChI is InChI=1S/C18H30N8O6S2/c1-2-12(28)9-21-34(31,32)15-4-3-14(26-7-5-11(6-8-26)13(19)10-27)16(17(15)33(20,29)30)18-22-24-25-23-18/h3-4,11-13,21,27-28H,2,5-10,19H2,1H3,(H2,20,29,30)(H,22,23,24,25)/t12-,13+/m1/s1. The molecule has 1 fully saturated rings. The fourth-order valence-electron chi connectivity index (χ4n) is 3.94. The number of anilines is 1. The number of aliphatic hydroxyl groups is 2. The number of sulfonamides is 2. The monoisotopic (exact) mass is 518 g/mol. The first-order valence-electron chi connectivity index (χ1n) is 10.7. The molecule has 1 aliphatic rings. The number of nitrogens with zero attached hydrogens (tertiary/aromatic N) is 4. The van der Waals surface area contributed by atoms with Gasteiger partial charge in [0.05, 0.1) is 18.3 Å². The van der Waals surface area contributed by atoms with E-state index < -0.39 is 35.9 Å². The minimum absolute atomic E-state index is 0.0847. The fraction of sp³-hybridized carbons (Fsp3) is 0.611. The summed E-state index contributed by atoms with van der Waals surface area (Å²) in [6, 6.07) is 2.26. The summed E-state index contributed by atoms with van der Waals surface area (Å²) < 4.78 is 53.7. The molecule has 2 heterocycles. The number of nitrogens with two attached hydrogens (primary N) is 2. The highest BCUT2D eigenvalue weighted by Gasteiger charge is 2.34. The molecule has 1 aliphatic heterocycles. The van der Waals surface area contributed by atoms with Crippen LogP contribution in [0, 0.1) is 5.92 Å². The van der Waals surface area contributed by atoms with Crippen LogP contribution in [0.5, 0.6) is 0 Å². The molecule has 0 unspecified atom stereocenters. The second kappa shape index (κ2) is 10.6. The molecule has 1 aromatic heterocycles. The Bertz CT molecular complexity index is 1180. The van der Waals surface area contributed by atoms with E-state index in [2.05, 4.69) is 25.3 Å². The minimum atomic E-state index is -4.59. The van der Waals surface area contributed by atoms with E-state index in [1.807, 2.05) is 4.90 Å². The summed E-state index contributed by atoms with van der Waals surface area (Å²) in [7, 11) is -8.97. The van der Waals surface area contributed by atoms with Crippen LogP contribution in [0.25, 0.3) is 11.4 Å². The zero-order valence-corrected chi connectivity index (χ0v) is 20.3. The zero-order chi connectivity index (χ0) is 25.1. The molecule has 3 rings (SSSR count). The quantitative estimate of drug-likeness (QED) is 0.203. The van der Waals surface area contributed by atoms with Crippen LogP contribution < -0.4 is 20.5 Å². The number of aromatic nitrogens is 4. The molecule has 0 aliphatic carbocycles. The second-order valence-electron chi connectivity index (χ2n) is 8.15. The summed E-state index contributed by atoms with van der Waals surface area (Å²) in [5.74, 6) is -0.0553. The van der Waals surface area contributed by atoms with Gasteiger partial charge in [0.15, 0.2) is 0 Å². The highest BCUT2D eigenvalue weighted by Crippen LogP contribution is 2.39. The second-order valence-corrected chi connectivity index (χ2v) is 11.4. The maximum absolute atomic E-state index is 13.0. The summed E-state index contributed by atoms with van der Waals surface area (Å²) in [6.07, 6.45) is 0.617. The molecule has 2 atom stereocenters. The summed E-state index contributed by atoms with van der Waals surface area (Å²) in [4.78, 5) is 0.615. The lowest BCUT2D eigenvalue weighted by Gasteiger charge is -2.36. The van der Waals surface area contributed by atoms with E-state index in [1.54, 1.807) is 6.92 Å². The van der Waals surface area contributed by atoms with Crippen molar-refractivity contribution in [3.8, 4) is 11.4 Å². The van der Waals surface area contributed by atoms with E-state index in [9.17, 15) is 27.0 Å². The number of tetrazole rings is 1. The molecule has 0 amide bonds.